The summed E-state index contributed by atoms with van der Waals surface area (Å²) in [6, 6.07) is 19.5. The summed E-state index contributed by atoms with van der Waals surface area (Å²) in [4.78, 5) is 0. The highest BCUT2D eigenvalue weighted by Gasteiger charge is 2.09. The van der Waals surface area contributed by atoms with E-state index in [9.17, 15) is 0 Å². The number of benzene rings is 2. The second-order valence-electron chi connectivity index (χ2n) is 6.02. The van der Waals surface area contributed by atoms with Crippen molar-refractivity contribution >= 4 is 0 Å². The van der Waals surface area contributed by atoms with Crippen LogP contribution in [-0.2, 0) is 6.54 Å². The lowest BCUT2D eigenvalue weighted by atomic mass is 9.94. The van der Waals surface area contributed by atoms with Crippen molar-refractivity contribution in [1.29, 1.82) is 0 Å². The molecule has 3 rings (SSSR count). The molecule has 0 bridgehead atoms. The molecule has 0 N–H and O–H groups in total. The van der Waals surface area contributed by atoms with Gasteiger partial charge >= 0.3 is 0 Å². The number of aromatic nitrogens is 1. The fraction of sp³-hybridized carbons (Fsp3) is 0.190. The largest absolute Gasteiger partial charge is 0.201 e. The molecule has 0 saturated heterocycles. The molecule has 22 heavy (non-hydrogen) atoms. The minimum atomic E-state index is 0.910. The van der Waals surface area contributed by atoms with Gasteiger partial charge in [-0.2, -0.15) is 0 Å². The molecule has 0 fully saturated rings. The highest BCUT2D eigenvalue weighted by molar-refractivity contribution is 5.70. The highest BCUT2D eigenvalue weighted by atomic mass is 14.9. The Morgan fingerprint density at radius 1 is 0.773 bits per heavy atom. The number of aryl methyl sites for hydroxylation is 3. The first-order chi connectivity index (χ1) is 10.6. The van der Waals surface area contributed by atoms with Crippen molar-refractivity contribution in [3.63, 3.8) is 0 Å². The Bertz CT molecular complexity index is 748. The maximum atomic E-state index is 2.26. The zero-order chi connectivity index (χ0) is 15.5. The average molecular weight is 288 g/mol. The van der Waals surface area contributed by atoms with Gasteiger partial charge in [0.2, 0.25) is 0 Å². The number of nitrogens with zero attached hydrogens (tertiary/aromatic N) is 1. The number of hydrogen-bond donors (Lipinski definition) is 0. The summed E-state index contributed by atoms with van der Waals surface area (Å²) in [5, 5.41) is 0. The highest BCUT2D eigenvalue weighted by Crippen LogP contribution is 2.27. The summed E-state index contributed by atoms with van der Waals surface area (Å²) in [5.74, 6) is 0. The molecule has 1 aromatic heterocycles. The fourth-order valence-corrected chi connectivity index (χ4v) is 3.16. The van der Waals surface area contributed by atoms with E-state index in [-0.39, 0.29) is 0 Å². The second kappa shape index (κ2) is 6.15. The Hall–Kier alpha value is -2.41. The lowest BCUT2D eigenvalue weighted by Crippen LogP contribution is -2.32. The standard InChI is InChI=1S/C21H22N/c1-16-13-17(2)21(18(3)14-16)20-9-11-22(12-10-20)15-19-7-5-4-6-8-19/h4-14H,15H2,1-3H3/q+1. The van der Waals surface area contributed by atoms with E-state index in [1.54, 1.807) is 0 Å². The van der Waals surface area contributed by atoms with E-state index in [1.807, 2.05) is 0 Å². The number of hydrogen-bond acceptors (Lipinski definition) is 0. The van der Waals surface area contributed by atoms with Crippen LogP contribution in [0, 0.1) is 20.8 Å². The molecule has 2 aromatic carbocycles. The number of rotatable bonds is 3. The van der Waals surface area contributed by atoms with Gasteiger partial charge in [-0.1, -0.05) is 48.0 Å². The molecule has 0 aliphatic rings. The van der Waals surface area contributed by atoms with Gasteiger partial charge in [0.1, 0.15) is 0 Å². The molecule has 1 heteroatoms. The summed E-state index contributed by atoms with van der Waals surface area (Å²) < 4.78 is 2.22. The summed E-state index contributed by atoms with van der Waals surface area (Å²) >= 11 is 0. The molecule has 110 valence electrons. The molecule has 0 saturated carbocycles. The first-order valence-corrected chi connectivity index (χ1v) is 7.75. The van der Waals surface area contributed by atoms with Gasteiger partial charge in [-0.3, -0.25) is 0 Å². The summed E-state index contributed by atoms with van der Waals surface area (Å²) in [5.41, 5.74) is 7.99. The van der Waals surface area contributed by atoms with Crippen LogP contribution in [0.1, 0.15) is 22.3 Å². The molecule has 0 atom stereocenters. The van der Waals surface area contributed by atoms with Crippen LogP contribution < -0.4 is 4.57 Å². The molecular formula is C21H22N+. The smallest absolute Gasteiger partial charge is 0.173 e. The van der Waals surface area contributed by atoms with Gasteiger partial charge in [0.15, 0.2) is 18.9 Å². The monoisotopic (exact) mass is 288 g/mol. The van der Waals surface area contributed by atoms with Crippen molar-refractivity contribution in [3.8, 4) is 11.1 Å². The Morgan fingerprint density at radius 3 is 1.95 bits per heavy atom. The molecule has 0 aliphatic heterocycles. The Kier molecular flexibility index (Phi) is 4.06. The Balaban J connectivity index is 1.89. The summed E-state index contributed by atoms with van der Waals surface area (Å²) in [6.45, 7) is 7.45. The maximum absolute atomic E-state index is 2.26. The van der Waals surface area contributed by atoms with Gasteiger partial charge in [0.25, 0.3) is 0 Å². The van der Waals surface area contributed by atoms with Crippen molar-refractivity contribution < 1.29 is 4.57 Å². The molecule has 0 aliphatic carbocycles. The van der Waals surface area contributed by atoms with E-state index in [4.69, 9.17) is 0 Å². The molecular weight excluding hydrogens is 266 g/mol. The minimum Gasteiger partial charge on any atom is -0.201 e. The zero-order valence-corrected chi connectivity index (χ0v) is 13.5. The van der Waals surface area contributed by atoms with E-state index in [2.05, 4.69) is 92.3 Å². The molecule has 1 heterocycles. The summed E-state index contributed by atoms with van der Waals surface area (Å²) in [7, 11) is 0. The molecule has 0 unspecified atom stereocenters. The number of pyridine rings is 1. The molecule has 0 radical (unpaired) electrons. The minimum absolute atomic E-state index is 0.910. The fourth-order valence-electron chi connectivity index (χ4n) is 3.16. The lowest BCUT2D eigenvalue weighted by Gasteiger charge is -2.11. The van der Waals surface area contributed by atoms with Crippen LogP contribution in [0.2, 0.25) is 0 Å². The van der Waals surface area contributed by atoms with Crippen LogP contribution in [-0.4, -0.2) is 0 Å². The van der Waals surface area contributed by atoms with Gasteiger partial charge in [-0.15, -0.1) is 0 Å². The predicted octanol–water partition coefficient (Wildman–Crippen LogP) is 4.61. The van der Waals surface area contributed by atoms with Crippen molar-refractivity contribution in [1.82, 2.24) is 0 Å². The third kappa shape index (κ3) is 3.09. The second-order valence-corrected chi connectivity index (χ2v) is 6.02. The summed E-state index contributed by atoms with van der Waals surface area (Å²) in [6.07, 6.45) is 4.34. The van der Waals surface area contributed by atoms with Gasteiger partial charge in [0, 0.05) is 17.7 Å². The Labute approximate surface area is 132 Å². The van der Waals surface area contributed by atoms with Gasteiger partial charge in [-0.25, -0.2) is 4.57 Å². The van der Waals surface area contributed by atoms with Crippen molar-refractivity contribution in [2.75, 3.05) is 0 Å². The molecule has 1 nitrogen and oxygen atoms in total. The average Bonchev–Trinajstić information content (AvgIpc) is 2.49. The first kappa shape index (κ1) is 14.5. The quantitative estimate of drug-likeness (QED) is 0.619. The maximum Gasteiger partial charge on any atom is 0.173 e. The first-order valence-electron chi connectivity index (χ1n) is 7.75. The van der Waals surface area contributed by atoms with Crippen molar-refractivity contribution in [3.05, 3.63) is 89.2 Å². The van der Waals surface area contributed by atoms with Gasteiger partial charge in [0.05, 0.1) is 0 Å². The van der Waals surface area contributed by atoms with E-state index in [0.29, 0.717) is 0 Å². The molecule has 0 amide bonds. The predicted molar refractivity (Wildman–Crippen MR) is 91.8 cm³/mol. The van der Waals surface area contributed by atoms with E-state index in [1.165, 1.54) is 33.4 Å². The van der Waals surface area contributed by atoms with Crippen LogP contribution in [0.15, 0.2) is 67.0 Å². The lowest BCUT2D eigenvalue weighted by molar-refractivity contribution is -0.688. The molecule has 0 spiro atoms. The Morgan fingerprint density at radius 2 is 1.36 bits per heavy atom. The normalized spacial score (nSPS) is 10.7. The van der Waals surface area contributed by atoms with Crippen molar-refractivity contribution in [2.45, 2.75) is 27.3 Å². The SMILES string of the molecule is Cc1cc(C)c(-c2cc[n+](Cc3ccccc3)cc2)c(C)c1. The van der Waals surface area contributed by atoms with Crippen LogP contribution in [0.3, 0.4) is 0 Å². The topological polar surface area (TPSA) is 3.88 Å². The van der Waals surface area contributed by atoms with Gasteiger partial charge < -0.3 is 0 Å². The third-order valence-electron chi connectivity index (χ3n) is 4.06. The van der Waals surface area contributed by atoms with Crippen molar-refractivity contribution in [2.24, 2.45) is 0 Å². The van der Waals surface area contributed by atoms with E-state index < -0.39 is 0 Å². The van der Waals surface area contributed by atoms with Crippen LogP contribution in [0.25, 0.3) is 11.1 Å². The van der Waals surface area contributed by atoms with Crippen LogP contribution in [0.5, 0.6) is 0 Å². The van der Waals surface area contributed by atoms with Gasteiger partial charge in [-0.05, 0) is 43.0 Å². The molecule has 3 aromatic rings. The van der Waals surface area contributed by atoms with Crippen LogP contribution >= 0.6 is 0 Å². The van der Waals surface area contributed by atoms with E-state index in [0.717, 1.165) is 6.54 Å². The van der Waals surface area contributed by atoms with Crippen LogP contribution in [0.4, 0.5) is 0 Å². The third-order valence-corrected chi connectivity index (χ3v) is 4.06. The van der Waals surface area contributed by atoms with E-state index >= 15 is 0 Å². The zero-order valence-electron chi connectivity index (χ0n) is 13.5.